The van der Waals surface area contributed by atoms with Gasteiger partial charge in [0.1, 0.15) is 11.6 Å². The van der Waals surface area contributed by atoms with Crippen LogP contribution in [0.1, 0.15) is 48.7 Å². The lowest BCUT2D eigenvalue weighted by Crippen LogP contribution is -2.26. The van der Waals surface area contributed by atoms with Gasteiger partial charge in [-0.2, -0.15) is 0 Å². The molecule has 0 bridgehead atoms. The van der Waals surface area contributed by atoms with Crippen molar-refractivity contribution in [3.05, 3.63) is 35.4 Å². The number of furan rings is 1. The minimum Gasteiger partial charge on any atom is -0.455 e. The molecule has 0 aliphatic carbocycles. The highest BCUT2D eigenvalue weighted by Gasteiger charge is 2.17. The largest absolute Gasteiger partial charge is 0.455 e. The highest BCUT2D eigenvalue weighted by Crippen LogP contribution is 2.25. The van der Waals surface area contributed by atoms with Crippen LogP contribution in [0, 0.1) is 5.92 Å². The van der Waals surface area contributed by atoms with Gasteiger partial charge in [-0.3, -0.25) is 4.79 Å². The van der Waals surface area contributed by atoms with Crippen LogP contribution in [0.15, 0.2) is 27.8 Å². The van der Waals surface area contributed by atoms with E-state index in [0.29, 0.717) is 35.7 Å². The maximum atomic E-state index is 12.1. The van der Waals surface area contributed by atoms with Gasteiger partial charge in [0.25, 0.3) is 5.91 Å². The molecular formula is C20H28N4O3S. The maximum Gasteiger partial charge on any atom is 0.287 e. The van der Waals surface area contributed by atoms with Crippen molar-refractivity contribution in [3.63, 3.8) is 0 Å². The third kappa shape index (κ3) is 5.72. The molecule has 1 fully saturated rings. The number of aromatic nitrogens is 2. The fourth-order valence-corrected chi connectivity index (χ4v) is 3.72. The summed E-state index contributed by atoms with van der Waals surface area (Å²) < 4.78 is 10.9. The van der Waals surface area contributed by atoms with Gasteiger partial charge in [0.15, 0.2) is 10.9 Å². The van der Waals surface area contributed by atoms with Gasteiger partial charge in [-0.1, -0.05) is 25.6 Å². The second-order valence-electron chi connectivity index (χ2n) is 7.29. The molecule has 0 atom stereocenters. The zero-order valence-electron chi connectivity index (χ0n) is 16.7. The summed E-state index contributed by atoms with van der Waals surface area (Å²) in [5, 5.41) is 3.56. The zero-order chi connectivity index (χ0) is 19.9. The molecule has 3 rings (SSSR count). The van der Waals surface area contributed by atoms with Crippen molar-refractivity contribution >= 4 is 23.5 Å². The van der Waals surface area contributed by atoms with E-state index in [4.69, 9.17) is 14.1 Å². The number of amides is 1. The third-order valence-corrected chi connectivity index (χ3v) is 5.24. The third-order valence-electron chi connectivity index (χ3n) is 4.37. The van der Waals surface area contributed by atoms with E-state index in [2.05, 4.69) is 29.0 Å². The summed E-state index contributed by atoms with van der Waals surface area (Å²) in [5.74, 6) is 2.80. The van der Waals surface area contributed by atoms with Crippen molar-refractivity contribution in [1.29, 1.82) is 0 Å². The Morgan fingerprint density at radius 3 is 2.82 bits per heavy atom. The van der Waals surface area contributed by atoms with Crippen LogP contribution in [0.3, 0.4) is 0 Å². The van der Waals surface area contributed by atoms with Crippen LogP contribution in [-0.2, 0) is 17.1 Å². The minimum absolute atomic E-state index is 0.181. The van der Waals surface area contributed by atoms with Gasteiger partial charge in [0, 0.05) is 32.8 Å². The van der Waals surface area contributed by atoms with E-state index in [0.717, 1.165) is 30.4 Å². The number of hydrogen-bond donors (Lipinski definition) is 1. The van der Waals surface area contributed by atoms with Crippen molar-refractivity contribution in [2.75, 3.05) is 31.6 Å². The van der Waals surface area contributed by atoms with Gasteiger partial charge in [-0.25, -0.2) is 9.97 Å². The Kier molecular flexibility index (Phi) is 7.33. The lowest BCUT2D eigenvalue weighted by Gasteiger charge is -2.17. The molecule has 3 heterocycles. The fourth-order valence-electron chi connectivity index (χ4n) is 2.95. The summed E-state index contributed by atoms with van der Waals surface area (Å²) in [4.78, 5) is 23.7. The van der Waals surface area contributed by atoms with Crippen LogP contribution in [0.2, 0.25) is 0 Å². The number of methoxy groups -OCH3 is 1. The van der Waals surface area contributed by atoms with Crippen molar-refractivity contribution in [1.82, 2.24) is 15.3 Å². The van der Waals surface area contributed by atoms with E-state index >= 15 is 0 Å². The minimum atomic E-state index is -0.181. The van der Waals surface area contributed by atoms with Crippen LogP contribution in [0.25, 0.3) is 0 Å². The second-order valence-corrected chi connectivity index (χ2v) is 8.23. The molecule has 28 heavy (non-hydrogen) atoms. The van der Waals surface area contributed by atoms with Gasteiger partial charge >= 0.3 is 0 Å². The SMILES string of the molecule is COCc1cc(N2CCCC2)nc(SCc2ccc(C(=O)NCC(C)C)o2)n1. The number of thioether (sulfide) groups is 1. The van der Waals surface area contributed by atoms with Crippen LogP contribution in [0.4, 0.5) is 5.82 Å². The summed E-state index contributed by atoms with van der Waals surface area (Å²) in [6, 6.07) is 5.55. The zero-order valence-corrected chi connectivity index (χ0v) is 17.6. The summed E-state index contributed by atoms with van der Waals surface area (Å²) in [5.41, 5.74) is 0.870. The summed E-state index contributed by atoms with van der Waals surface area (Å²) >= 11 is 1.50. The standard InChI is InChI=1S/C20H28N4O3S/c1-14(2)11-21-19(25)17-7-6-16(27-17)13-28-20-22-15(12-26-3)10-18(23-20)24-8-4-5-9-24/h6-7,10,14H,4-5,8-9,11-13H2,1-3H3,(H,21,25). The highest BCUT2D eigenvalue weighted by atomic mass is 32.2. The predicted octanol–water partition coefficient (Wildman–Crippen LogP) is 3.49. The number of hydrogen-bond acceptors (Lipinski definition) is 7. The molecule has 0 aromatic carbocycles. The second kappa shape index (κ2) is 9.93. The molecule has 2 aromatic rings. The molecule has 7 nitrogen and oxygen atoms in total. The number of anilines is 1. The Bertz CT molecular complexity index is 788. The highest BCUT2D eigenvalue weighted by molar-refractivity contribution is 7.98. The first-order valence-corrected chi connectivity index (χ1v) is 10.6. The first-order valence-electron chi connectivity index (χ1n) is 9.66. The van der Waals surface area contributed by atoms with Gasteiger partial charge in [0.2, 0.25) is 0 Å². The monoisotopic (exact) mass is 404 g/mol. The molecule has 0 radical (unpaired) electrons. The average Bonchev–Trinajstić information content (AvgIpc) is 3.36. The number of nitrogens with one attached hydrogen (secondary N) is 1. The molecule has 1 aliphatic heterocycles. The smallest absolute Gasteiger partial charge is 0.287 e. The van der Waals surface area contributed by atoms with Gasteiger partial charge in [0.05, 0.1) is 18.1 Å². The Morgan fingerprint density at radius 2 is 2.11 bits per heavy atom. The van der Waals surface area contributed by atoms with E-state index in [9.17, 15) is 4.79 Å². The number of carbonyl (C=O) groups is 1. The Hall–Kier alpha value is -2.06. The van der Waals surface area contributed by atoms with Crippen molar-refractivity contribution in [2.45, 2.75) is 44.2 Å². The average molecular weight is 405 g/mol. The number of ether oxygens (including phenoxy) is 1. The maximum absolute atomic E-state index is 12.1. The van der Waals surface area contributed by atoms with E-state index in [-0.39, 0.29) is 5.91 Å². The van der Waals surface area contributed by atoms with E-state index in [1.807, 2.05) is 12.1 Å². The molecule has 0 unspecified atom stereocenters. The van der Waals surface area contributed by atoms with Gasteiger partial charge in [-0.05, 0) is 30.9 Å². The number of carbonyl (C=O) groups excluding carboxylic acids is 1. The molecule has 2 aromatic heterocycles. The molecule has 1 saturated heterocycles. The fraction of sp³-hybridized carbons (Fsp3) is 0.550. The first kappa shape index (κ1) is 20.7. The number of nitrogens with zero attached hydrogens (tertiary/aromatic N) is 3. The molecule has 1 N–H and O–H groups in total. The summed E-state index contributed by atoms with van der Waals surface area (Å²) in [6.45, 7) is 7.25. The van der Waals surface area contributed by atoms with Crippen molar-refractivity contribution in [3.8, 4) is 0 Å². The van der Waals surface area contributed by atoms with Gasteiger partial charge in [-0.15, -0.1) is 0 Å². The lowest BCUT2D eigenvalue weighted by molar-refractivity contribution is 0.0920. The van der Waals surface area contributed by atoms with Crippen LogP contribution in [0.5, 0.6) is 0 Å². The van der Waals surface area contributed by atoms with Gasteiger partial charge < -0.3 is 19.4 Å². The number of rotatable bonds is 9. The Balaban J connectivity index is 1.64. The lowest BCUT2D eigenvalue weighted by atomic mass is 10.2. The molecule has 0 saturated carbocycles. The molecule has 0 spiro atoms. The Morgan fingerprint density at radius 1 is 1.32 bits per heavy atom. The summed E-state index contributed by atoms with van der Waals surface area (Å²) in [7, 11) is 1.67. The molecule has 1 amide bonds. The Labute approximate surface area is 170 Å². The van der Waals surface area contributed by atoms with E-state index in [1.54, 1.807) is 13.2 Å². The quantitative estimate of drug-likeness (QED) is 0.506. The topological polar surface area (TPSA) is 80.5 Å². The van der Waals surface area contributed by atoms with E-state index in [1.165, 1.54) is 24.6 Å². The van der Waals surface area contributed by atoms with Crippen LogP contribution >= 0.6 is 11.8 Å². The molecule has 152 valence electrons. The van der Waals surface area contributed by atoms with Crippen LogP contribution in [-0.4, -0.2) is 42.6 Å². The van der Waals surface area contributed by atoms with Crippen molar-refractivity contribution in [2.24, 2.45) is 5.92 Å². The molecule has 1 aliphatic rings. The van der Waals surface area contributed by atoms with Crippen molar-refractivity contribution < 1.29 is 13.9 Å². The van der Waals surface area contributed by atoms with Crippen LogP contribution < -0.4 is 10.2 Å². The summed E-state index contributed by atoms with van der Waals surface area (Å²) in [6.07, 6.45) is 2.39. The first-order chi connectivity index (χ1) is 13.5. The normalized spacial score (nSPS) is 14.1. The predicted molar refractivity (Wildman–Crippen MR) is 110 cm³/mol. The molecular weight excluding hydrogens is 376 g/mol. The molecule has 8 heteroatoms. The van der Waals surface area contributed by atoms with E-state index < -0.39 is 0 Å².